The SMILES string of the molecule is Cc1nn(C)c(C)c1S(=O)(=O)NC(C)(C)c1ccc(Br)cc1. The smallest absolute Gasteiger partial charge is 0.245 e. The Morgan fingerprint density at radius 2 is 1.73 bits per heavy atom. The molecule has 1 heterocycles. The van der Waals surface area contributed by atoms with Gasteiger partial charge in [0, 0.05) is 11.5 Å². The van der Waals surface area contributed by atoms with Crippen molar-refractivity contribution in [3.63, 3.8) is 0 Å². The standard InChI is InChI=1S/C15H20BrN3O2S/c1-10-14(11(2)19(5)17-10)22(20,21)18-15(3,4)12-6-8-13(16)9-7-12/h6-9,18H,1-5H3. The molecule has 1 aromatic heterocycles. The van der Waals surface area contributed by atoms with Gasteiger partial charge in [0.25, 0.3) is 0 Å². The Kier molecular flexibility index (Phi) is 4.52. The quantitative estimate of drug-likeness (QED) is 0.879. The summed E-state index contributed by atoms with van der Waals surface area (Å²) in [6, 6.07) is 7.59. The lowest BCUT2D eigenvalue weighted by Crippen LogP contribution is -2.41. The lowest BCUT2D eigenvalue weighted by atomic mass is 9.96. The fraction of sp³-hybridized carbons (Fsp3) is 0.400. The third-order valence-electron chi connectivity index (χ3n) is 3.67. The van der Waals surface area contributed by atoms with Crippen molar-refractivity contribution in [1.82, 2.24) is 14.5 Å². The van der Waals surface area contributed by atoms with E-state index in [4.69, 9.17) is 0 Å². The van der Waals surface area contributed by atoms with E-state index in [1.165, 1.54) is 0 Å². The number of aromatic nitrogens is 2. The summed E-state index contributed by atoms with van der Waals surface area (Å²) in [5.74, 6) is 0. The summed E-state index contributed by atoms with van der Waals surface area (Å²) in [7, 11) is -1.92. The predicted molar refractivity (Wildman–Crippen MR) is 90.2 cm³/mol. The number of hydrogen-bond acceptors (Lipinski definition) is 3. The highest BCUT2D eigenvalue weighted by molar-refractivity contribution is 9.10. The highest BCUT2D eigenvalue weighted by Gasteiger charge is 2.31. The van der Waals surface area contributed by atoms with E-state index in [2.05, 4.69) is 25.8 Å². The van der Waals surface area contributed by atoms with E-state index in [0.29, 0.717) is 11.4 Å². The molecule has 22 heavy (non-hydrogen) atoms. The number of hydrogen-bond donors (Lipinski definition) is 1. The molecule has 0 spiro atoms. The van der Waals surface area contributed by atoms with Crippen molar-refractivity contribution < 1.29 is 8.42 Å². The second kappa shape index (κ2) is 5.79. The van der Waals surface area contributed by atoms with Crippen molar-refractivity contribution in [3.8, 4) is 0 Å². The van der Waals surface area contributed by atoms with Crippen LogP contribution in [-0.4, -0.2) is 18.2 Å². The average molecular weight is 386 g/mol. The fourth-order valence-electron chi connectivity index (χ4n) is 2.46. The summed E-state index contributed by atoms with van der Waals surface area (Å²) in [6.45, 7) is 7.14. The number of sulfonamides is 1. The molecule has 0 unspecified atom stereocenters. The van der Waals surface area contributed by atoms with Crippen LogP contribution in [0.15, 0.2) is 33.6 Å². The molecular weight excluding hydrogens is 366 g/mol. The third kappa shape index (κ3) is 3.26. The number of halogens is 1. The third-order valence-corrected chi connectivity index (χ3v) is 6.10. The second-order valence-electron chi connectivity index (χ2n) is 5.86. The molecule has 7 heteroatoms. The molecule has 1 N–H and O–H groups in total. The Balaban J connectivity index is 2.41. The van der Waals surface area contributed by atoms with E-state index in [9.17, 15) is 8.42 Å². The van der Waals surface area contributed by atoms with Crippen molar-refractivity contribution in [1.29, 1.82) is 0 Å². The minimum Gasteiger partial charge on any atom is -0.271 e. The van der Waals surface area contributed by atoms with Gasteiger partial charge in [0.05, 0.1) is 16.9 Å². The van der Waals surface area contributed by atoms with Crippen molar-refractivity contribution in [3.05, 3.63) is 45.7 Å². The molecule has 5 nitrogen and oxygen atoms in total. The van der Waals surface area contributed by atoms with Crippen LogP contribution < -0.4 is 4.72 Å². The number of rotatable bonds is 4. The van der Waals surface area contributed by atoms with Crippen LogP contribution in [-0.2, 0) is 22.6 Å². The first-order chi connectivity index (χ1) is 10.0. The topological polar surface area (TPSA) is 64.0 Å². The summed E-state index contributed by atoms with van der Waals surface area (Å²) < 4.78 is 30.9. The lowest BCUT2D eigenvalue weighted by molar-refractivity contribution is 0.471. The average Bonchev–Trinajstić information content (AvgIpc) is 2.62. The molecule has 0 radical (unpaired) electrons. The van der Waals surface area contributed by atoms with Gasteiger partial charge in [0.1, 0.15) is 4.90 Å². The maximum absolute atomic E-state index is 12.8. The summed E-state index contributed by atoms with van der Waals surface area (Å²) in [5, 5.41) is 4.18. The van der Waals surface area contributed by atoms with Crippen molar-refractivity contribution >= 4 is 26.0 Å². The molecule has 0 aliphatic heterocycles. The van der Waals surface area contributed by atoms with Crippen LogP contribution in [0, 0.1) is 13.8 Å². The van der Waals surface area contributed by atoms with E-state index < -0.39 is 15.6 Å². The van der Waals surface area contributed by atoms with Crippen LogP contribution in [0.1, 0.15) is 30.8 Å². The molecule has 0 bridgehead atoms. The van der Waals surface area contributed by atoms with Gasteiger partial charge in [-0.15, -0.1) is 0 Å². The molecule has 0 atom stereocenters. The molecule has 0 aliphatic carbocycles. The summed E-state index contributed by atoms with van der Waals surface area (Å²) in [6.07, 6.45) is 0. The number of aryl methyl sites for hydroxylation is 2. The summed E-state index contributed by atoms with van der Waals surface area (Å²) >= 11 is 3.38. The highest BCUT2D eigenvalue weighted by Crippen LogP contribution is 2.26. The van der Waals surface area contributed by atoms with E-state index >= 15 is 0 Å². The summed E-state index contributed by atoms with van der Waals surface area (Å²) in [5.41, 5.74) is 1.28. The Hall–Kier alpha value is -1.18. The normalized spacial score (nSPS) is 12.6. The molecule has 0 aliphatic rings. The largest absolute Gasteiger partial charge is 0.271 e. The molecule has 0 fully saturated rings. The van der Waals surface area contributed by atoms with E-state index in [1.807, 2.05) is 38.1 Å². The van der Waals surface area contributed by atoms with E-state index in [1.54, 1.807) is 25.6 Å². The van der Waals surface area contributed by atoms with Gasteiger partial charge in [-0.25, -0.2) is 13.1 Å². The Labute approximate surface area is 139 Å². The van der Waals surface area contributed by atoms with Gasteiger partial charge in [-0.1, -0.05) is 28.1 Å². The van der Waals surface area contributed by atoms with E-state index in [0.717, 1.165) is 10.0 Å². The second-order valence-corrected chi connectivity index (χ2v) is 8.40. The van der Waals surface area contributed by atoms with Crippen molar-refractivity contribution in [2.45, 2.75) is 38.1 Å². The molecule has 1 aromatic carbocycles. The number of benzene rings is 1. The monoisotopic (exact) mass is 385 g/mol. The van der Waals surface area contributed by atoms with Gasteiger partial charge in [-0.3, -0.25) is 4.68 Å². The maximum Gasteiger partial charge on any atom is 0.245 e. The number of nitrogens with zero attached hydrogens (tertiary/aromatic N) is 2. The minimum atomic E-state index is -3.66. The zero-order valence-corrected chi connectivity index (χ0v) is 15.7. The van der Waals surface area contributed by atoms with Gasteiger partial charge in [-0.2, -0.15) is 5.10 Å². The molecule has 0 saturated carbocycles. The van der Waals surface area contributed by atoms with E-state index in [-0.39, 0.29) is 4.90 Å². The highest BCUT2D eigenvalue weighted by atomic mass is 79.9. The maximum atomic E-state index is 12.8. The van der Waals surface area contributed by atoms with Gasteiger partial charge in [0.2, 0.25) is 10.0 Å². The van der Waals surface area contributed by atoms with Crippen molar-refractivity contribution in [2.75, 3.05) is 0 Å². The summed E-state index contributed by atoms with van der Waals surface area (Å²) in [4.78, 5) is 0.250. The predicted octanol–water partition coefficient (Wildman–Crippen LogP) is 3.01. The van der Waals surface area contributed by atoms with Crippen LogP contribution in [0.2, 0.25) is 0 Å². The Morgan fingerprint density at radius 1 is 1.18 bits per heavy atom. The molecule has 2 rings (SSSR count). The molecule has 0 amide bonds. The van der Waals surface area contributed by atoms with Gasteiger partial charge in [-0.05, 0) is 45.4 Å². The van der Waals surface area contributed by atoms with Gasteiger partial charge in [0.15, 0.2) is 0 Å². The molecular formula is C15H20BrN3O2S. The molecule has 120 valence electrons. The lowest BCUT2D eigenvalue weighted by Gasteiger charge is -2.26. The first-order valence-corrected chi connectivity index (χ1v) is 9.12. The fourth-order valence-corrected chi connectivity index (χ4v) is 4.56. The minimum absolute atomic E-state index is 0.250. The zero-order valence-electron chi connectivity index (χ0n) is 13.3. The van der Waals surface area contributed by atoms with Gasteiger partial charge < -0.3 is 0 Å². The van der Waals surface area contributed by atoms with Crippen LogP contribution in [0.4, 0.5) is 0 Å². The molecule has 2 aromatic rings. The van der Waals surface area contributed by atoms with Crippen LogP contribution in [0.25, 0.3) is 0 Å². The van der Waals surface area contributed by atoms with Crippen LogP contribution in [0.3, 0.4) is 0 Å². The van der Waals surface area contributed by atoms with Gasteiger partial charge >= 0.3 is 0 Å². The van der Waals surface area contributed by atoms with Crippen LogP contribution >= 0.6 is 15.9 Å². The van der Waals surface area contributed by atoms with Crippen LogP contribution in [0.5, 0.6) is 0 Å². The first-order valence-electron chi connectivity index (χ1n) is 6.85. The Bertz CT molecular complexity index is 793. The Morgan fingerprint density at radius 3 is 2.18 bits per heavy atom. The zero-order chi connectivity index (χ0) is 16.7. The van der Waals surface area contributed by atoms with Crippen molar-refractivity contribution in [2.24, 2.45) is 7.05 Å². The number of nitrogens with one attached hydrogen (secondary N) is 1. The first kappa shape index (κ1) is 17.2. The molecule has 0 saturated heterocycles.